The number of halogens is 1. The lowest BCUT2D eigenvalue weighted by molar-refractivity contribution is -0.145. The van der Waals surface area contributed by atoms with Gasteiger partial charge >= 0.3 is 11.9 Å². The number of rotatable bonds is 5. The van der Waals surface area contributed by atoms with E-state index in [4.69, 9.17) is 10.2 Å². The molecule has 0 aliphatic carbocycles. The topological polar surface area (TPSA) is 104 Å². The maximum atomic E-state index is 13.0. The van der Waals surface area contributed by atoms with Gasteiger partial charge in [-0.2, -0.15) is 0 Å². The van der Waals surface area contributed by atoms with Gasteiger partial charge in [-0.1, -0.05) is 0 Å². The number of benzene rings is 1. The van der Waals surface area contributed by atoms with Crippen molar-refractivity contribution in [1.29, 1.82) is 0 Å². The fourth-order valence-electron chi connectivity index (χ4n) is 1.40. The zero-order valence-electron chi connectivity index (χ0n) is 10.0. The molecule has 7 heteroatoms. The molecule has 1 rings (SSSR count). The summed E-state index contributed by atoms with van der Waals surface area (Å²) in [5.74, 6) is -4.05. The van der Waals surface area contributed by atoms with Crippen LogP contribution in [0.2, 0.25) is 0 Å². The van der Waals surface area contributed by atoms with Crippen LogP contribution in [0.4, 0.5) is 4.39 Å². The molecule has 1 amide bonds. The molecule has 3 N–H and O–H groups in total. The monoisotopic (exact) mass is 269 g/mol. The molecule has 1 aromatic carbocycles. The SMILES string of the molecule is Cc1cc(C(=O)N[C@H](CC(=O)O)C(=O)O)ccc1F. The predicted molar refractivity (Wildman–Crippen MR) is 62.3 cm³/mol. The molecule has 1 aromatic rings. The number of hydrogen-bond acceptors (Lipinski definition) is 3. The average molecular weight is 269 g/mol. The summed E-state index contributed by atoms with van der Waals surface area (Å²) in [5, 5.41) is 19.4. The Balaban J connectivity index is 2.84. The Labute approximate surface area is 107 Å². The van der Waals surface area contributed by atoms with Gasteiger partial charge in [-0.25, -0.2) is 9.18 Å². The highest BCUT2D eigenvalue weighted by atomic mass is 19.1. The van der Waals surface area contributed by atoms with Crippen molar-refractivity contribution in [1.82, 2.24) is 5.32 Å². The first-order valence-electron chi connectivity index (χ1n) is 5.33. The van der Waals surface area contributed by atoms with Crippen LogP contribution >= 0.6 is 0 Å². The van der Waals surface area contributed by atoms with E-state index in [0.29, 0.717) is 0 Å². The van der Waals surface area contributed by atoms with Gasteiger partial charge in [0.2, 0.25) is 0 Å². The fourth-order valence-corrected chi connectivity index (χ4v) is 1.40. The van der Waals surface area contributed by atoms with Gasteiger partial charge in [0, 0.05) is 5.56 Å². The molecule has 0 spiro atoms. The predicted octanol–water partition coefficient (Wildman–Crippen LogP) is 0.792. The standard InChI is InChI=1S/C12H12FNO5/c1-6-4-7(2-3-8(6)13)11(17)14-9(12(18)19)5-10(15)16/h2-4,9H,5H2,1H3,(H,14,17)(H,15,16)(H,18,19)/t9-/m1/s1. The highest BCUT2D eigenvalue weighted by Gasteiger charge is 2.23. The molecule has 19 heavy (non-hydrogen) atoms. The van der Waals surface area contributed by atoms with Crippen LogP contribution < -0.4 is 5.32 Å². The number of carbonyl (C=O) groups excluding carboxylic acids is 1. The normalized spacial score (nSPS) is 11.7. The number of carboxylic acid groups (broad SMARTS) is 2. The third kappa shape index (κ3) is 4.06. The van der Waals surface area contributed by atoms with Gasteiger partial charge in [-0.15, -0.1) is 0 Å². The second kappa shape index (κ2) is 5.94. The molecule has 0 unspecified atom stereocenters. The molecule has 102 valence electrons. The number of amides is 1. The van der Waals surface area contributed by atoms with Gasteiger partial charge in [-0.3, -0.25) is 9.59 Å². The Bertz CT molecular complexity index is 529. The summed E-state index contributed by atoms with van der Waals surface area (Å²) < 4.78 is 13.0. The summed E-state index contributed by atoms with van der Waals surface area (Å²) in [4.78, 5) is 33.0. The zero-order valence-corrected chi connectivity index (χ0v) is 10.0. The van der Waals surface area contributed by atoms with E-state index < -0.39 is 36.1 Å². The van der Waals surface area contributed by atoms with Gasteiger partial charge in [0.15, 0.2) is 0 Å². The number of carboxylic acids is 2. The van der Waals surface area contributed by atoms with Crippen molar-refractivity contribution in [2.24, 2.45) is 0 Å². The summed E-state index contributed by atoms with van der Waals surface area (Å²) in [5.41, 5.74) is 0.299. The first kappa shape index (κ1) is 14.6. The highest BCUT2D eigenvalue weighted by molar-refractivity contribution is 5.97. The Morgan fingerprint density at radius 2 is 1.95 bits per heavy atom. The van der Waals surface area contributed by atoms with E-state index >= 15 is 0 Å². The van der Waals surface area contributed by atoms with Gasteiger partial charge in [0.1, 0.15) is 11.9 Å². The first-order valence-corrected chi connectivity index (χ1v) is 5.33. The fraction of sp³-hybridized carbons (Fsp3) is 0.250. The maximum absolute atomic E-state index is 13.0. The minimum atomic E-state index is -1.53. The van der Waals surface area contributed by atoms with E-state index in [1.165, 1.54) is 19.1 Å². The molecular weight excluding hydrogens is 257 g/mol. The van der Waals surface area contributed by atoms with Gasteiger partial charge < -0.3 is 15.5 Å². The summed E-state index contributed by atoms with van der Waals surface area (Å²) >= 11 is 0. The van der Waals surface area contributed by atoms with E-state index in [1.54, 1.807) is 0 Å². The van der Waals surface area contributed by atoms with E-state index in [2.05, 4.69) is 5.32 Å². The molecule has 0 saturated carbocycles. The van der Waals surface area contributed by atoms with E-state index in [0.717, 1.165) is 6.07 Å². The van der Waals surface area contributed by atoms with Crippen LogP contribution in [0, 0.1) is 12.7 Å². The van der Waals surface area contributed by atoms with Crippen molar-refractivity contribution in [3.63, 3.8) is 0 Å². The van der Waals surface area contributed by atoms with E-state index in [9.17, 15) is 18.8 Å². The number of nitrogens with one attached hydrogen (secondary N) is 1. The molecule has 0 heterocycles. The van der Waals surface area contributed by atoms with Crippen molar-refractivity contribution in [2.45, 2.75) is 19.4 Å². The zero-order chi connectivity index (χ0) is 14.6. The molecule has 0 aliphatic heterocycles. The number of hydrogen-bond donors (Lipinski definition) is 3. The molecule has 0 bridgehead atoms. The summed E-state index contributed by atoms with van der Waals surface area (Å²) in [7, 11) is 0. The molecule has 0 aromatic heterocycles. The van der Waals surface area contributed by atoms with Crippen molar-refractivity contribution in [2.75, 3.05) is 0 Å². The second-order valence-electron chi connectivity index (χ2n) is 3.93. The number of aliphatic carboxylic acids is 2. The largest absolute Gasteiger partial charge is 0.481 e. The van der Waals surface area contributed by atoms with Crippen molar-refractivity contribution < 1.29 is 29.0 Å². The third-order valence-corrected chi connectivity index (χ3v) is 2.40. The van der Waals surface area contributed by atoms with Gasteiger partial charge in [-0.05, 0) is 30.7 Å². The minimum absolute atomic E-state index is 0.0653. The van der Waals surface area contributed by atoms with E-state index in [-0.39, 0.29) is 11.1 Å². The van der Waals surface area contributed by atoms with Crippen molar-refractivity contribution in [3.8, 4) is 0 Å². The smallest absolute Gasteiger partial charge is 0.326 e. The summed E-state index contributed by atoms with van der Waals surface area (Å²) in [6.07, 6.45) is -0.735. The third-order valence-electron chi connectivity index (χ3n) is 2.40. The Kier molecular flexibility index (Phi) is 4.57. The first-order chi connectivity index (χ1) is 8.81. The summed E-state index contributed by atoms with van der Waals surface area (Å²) in [6.45, 7) is 1.46. The van der Waals surface area contributed by atoms with Crippen LogP contribution in [0.1, 0.15) is 22.3 Å². The Morgan fingerprint density at radius 3 is 2.42 bits per heavy atom. The molecule has 0 fully saturated rings. The molecule has 1 atom stereocenters. The Morgan fingerprint density at radius 1 is 1.32 bits per heavy atom. The molecular formula is C12H12FNO5. The number of aryl methyl sites for hydroxylation is 1. The Hall–Kier alpha value is -2.44. The average Bonchev–Trinajstić information content (AvgIpc) is 2.31. The van der Waals surface area contributed by atoms with Crippen LogP contribution in [0.5, 0.6) is 0 Å². The quantitative estimate of drug-likeness (QED) is 0.733. The van der Waals surface area contributed by atoms with Gasteiger partial charge in [0.05, 0.1) is 6.42 Å². The highest BCUT2D eigenvalue weighted by Crippen LogP contribution is 2.09. The lowest BCUT2D eigenvalue weighted by Crippen LogP contribution is -2.42. The summed E-state index contributed by atoms with van der Waals surface area (Å²) in [6, 6.07) is 1.99. The van der Waals surface area contributed by atoms with Crippen LogP contribution in [0.25, 0.3) is 0 Å². The van der Waals surface area contributed by atoms with Crippen LogP contribution in [-0.4, -0.2) is 34.1 Å². The van der Waals surface area contributed by atoms with Crippen LogP contribution in [0.3, 0.4) is 0 Å². The van der Waals surface area contributed by atoms with E-state index in [1.807, 2.05) is 0 Å². The lowest BCUT2D eigenvalue weighted by Gasteiger charge is -2.12. The van der Waals surface area contributed by atoms with Crippen molar-refractivity contribution in [3.05, 3.63) is 35.1 Å². The van der Waals surface area contributed by atoms with Gasteiger partial charge in [0.25, 0.3) is 5.91 Å². The number of carbonyl (C=O) groups is 3. The molecule has 6 nitrogen and oxygen atoms in total. The maximum Gasteiger partial charge on any atom is 0.326 e. The lowest BCUT2D eigenvalue weighted by atomic mass is 10.1. The van der Waals surface area contributed by atoms with Crippen molar-refractivity contribution >= 4 is 17.8 Å². The van der Waals surface area contributed by atoms with Crippen LogP contribution in [0.15, 0.2) is 18.2 Å². The van der Waals surface area contributed by atoms with Crippen LogP contribution in [-0.2, 0) is 9.59 Å². The molecule has 0 aliphatic rings. The molecule has 0 saturated heterocycles. The minimum Gasteiger partial charge on any atom is -0.481 e. The second-order valence-corrected chi connectivity index (χ2v) is 3.93. The molecule has 0 radical (unpaired) electrons.